The largest absolute Gasteiger partial charge is 0.383 e. The monoisotopic (exact) mass is 538 g/mol. The standard InChI is InChI=1S/C29H35ClN4O4/c1-3-4-7-21-9-11-23(12-10-21)29(36)33(18-19-37-2)20-26(35)34-17-6-5-8-25(34)28-31-27(32-38-28)22-13-15-24(30)16-14-22/h9-16,25H,3-8,17-20H2,1-2H3. The molecule has 1 unspecified atom stereocenters. The number of methoxy groups -OCH3 is 1. The van der Waals surface area contributed by atoms with Gasteiger partial charge in [-0.1, -0.05) is 42.2 Å². The average Bonchev–Trinajstić information content (AvgIpc) is 3.44. The van der Waals surface area contributed by atoms with Crippen molar-refractivity contribution < 1.29 is 18.8 Å². The van der Waals surface area contributed by atoms with Crippen LogP contribution in [0.25, 0.3) is 11.4 Å². The van der Waals surface area contributed by atoms with Crippen LogP contribution in [0.5, 0.6) is 0 Å². The first-order chi connectivity index (χ1) is 18.5. The first-order valence-corrected chi connectivity index (χ1v) is 13.6. The Balaban J connectivity index is 1.48. The molecule has 202 valence electrons. The third-order valence-corrected chi connectivity index (χ3v) is 7.10. The van der Waals surface area contributed by atoms with E-state index in [9.17, 15) is 9.59 Å². The molecule has 1 aliphatic rings. The minimum atomic E-state index is -0.331. The van der Waals surface area contributed by atoms with Crippen LogP contribution in [0.15, 0.2) is 53.1 Å². The lowest BCUT2D eigenvalue weighted by Crippen LogP contribution is -2.46. The number of rotatable bonds is 11. The van der Waals surface area contributed by atoms with Gasteiger partial charge in [-0.05, 0) is 74.1 Å². The first kappa shape index (κ1) is 27.8. The van der Waals surface area contributed by atoms with Crippen LogP contribution in [0.2, 0.25) is 5.02 Å². The number of likely N-dealkylation sites (tertiary alicyclic amines) is 1. The molecule has 1 saturated heterocycles. The van der Waals surface area contributed by atoms with Crippen LogP contribution in [-0.4, -0.2) is 65.1 Å². The molecule has 2 heterocycles. The molecule has 8 nitrogen and oxygen atoms in total. The predicted molar refractivity (Wildman–Crippen MR) is 146 cm³/mol. The second kappa shape index (κ2) is 13.5. The fourth-order valence-corrected chi connectivity index (χ4v) is 4.79. The van der Waals surface area contributed by atoms with Crippen molar-refractivity contribution in [2.24, 2.45) is 0 Å². The van der Waals surface area contributed by atoms with Crippen LogP contribution in [0, 0.1) is 0 Å². The van der Waals surface area contributed by atoms with E-state index >= 15 is 0 Å². The molecule has 2 aromatic carbocycles. The highest BCUT2D eigenvalue weighted by molar-refractivity contribution is 6.30. The Kier molecular flexibility index (Phi) is 9.90. The molecule has 2 amide bonds. The maximum Gasteiger partial charge on any atom is 0.254 e. The van der Waals surface area contributed by atoms with Gasteiger partial charge in [-0.25, -0.2) is 0 Å². The van der Waals surface area contributed by atoms with Crippen molar-refractivity contribution >= 4 is 23.4 Å². The molecule has 0 spiro atoms. The maximum absolute atomic E-state index is 13.6. The van der Waals surface area contributed by atoms with Crippen LogP contribution < -0.4 is 0 Å². The number of nitrogens with zero attached hydrogens (tertiary/aromatic N) is 4. The summed E-state index contributed by atoms with van der Waals surface area (Å²) in [6, 6.07) is 14.5. The Bertz CT molecular complexity index is 1200. The van der Waals surface area contributed by atoms with Gasteiger partial charge < -0.3 is 19.1 Å². The smallest absolute Gasteiger partial charge is 0.254 e. The molecule has 38 heavy (non-hydrogen) atoms. The summed E-state index contributed by atoms with van der Waals surface area (Å²) >= 11 is 6.00. The first-order valence-electron chi connectivity index (χ1n) is 13.3. The van der Waals surface area contributed by atoms with Gasteiger partial charge in [-0.3, -0.25) is 9.59 Å². The average molecular weight is 539 g/mol. The van der Waals surface area contributed by atoms with Crippen molar-refractivity contribution in [3.05, 3.63) is 70.6 Å². The molecule has 0 saturated carbocycles. The zero-order valence-electron chi connectivity index (χ0n) is 22.1. The van der Waals surface area contributed by atoms with E-state index in [-0.39, 0.29) is 24.4 Å². The number of aromatic nitrogens is 2. The summed E-state index contributed by atoms with van der Waals surface area (Å²) < 4.78 is 10.8. The van der Waals surface area contributed by atoms with Crippen LogP contribution in [0.1, 0.15) is 66.9 Å². The lowest BCUT2D eigenvalue weighted by atomic mass is 10.0. The molecule has 4 rings (SSSR count). The van der Waals surface area contributed by atoms with Crippen molar-refractivity contribution in [2.45, 2.75) is 51.5 Å². The van der Waals surface area contributed by atoms with E-state index in [0.29, 0.717) is 42.0 Å². The number of piperidine rings is 1. The fourth-order valence-electron chi connectivity index (χ4n) is 4.66. The summed E-state index contributed by atoms with van der Waals surface area (Å²) in [6.45, 7) is 3.34. The number of carbonyl (C=O) groups is 2. The summed E-state index contributed by atoms with van der Waals surface area (Å²) in [4.78, 5) is 34.9. The quantitative estimate of drug-likeness (QED) is 0.317. The molecule has 0 aliphatic carbocycles. The van der Waals surface area contributed by atoms with Crippen molar-refractivity contribution in [3.8, 4) is 11.4 Å². The van der Waals surface area contributed by atoms with Crippen molar-refractivity contribution in [2.75, 3.05) is 33.4 Å². The summed E-state index contributed by atoms with van der Waals surface area (Å²) in [5, 5.41) is 4.76. The van der Waals surface area contributed by atoms with E-state index in [4.69, 9.17) is 20.9 Å². The molecule has 1 fully saturated rings. The summed E-state index contributed by atoms with van der Waals surface area (Å²) in [5.74, 6) is 0.521. The molecule has 9 heteroatoms. The van der Waals surface area contributed by atoms with Crippen molar-refractivity contribution in [1.82, 2.24) is 19.9 Å². The lowest BCUT2D eigenvalue weighted by molar-refractivity contribution is -0.136. The van der Waals surface area contributed by atoms with E-state index < -0.39 is 0 Å². The Hall–Kier alpha value is -3.23. The maximum atomic E-state index is 13.6. The number of benzene rings is 2. The number of hydrogen-bond acceptors (Lipinski definition) is 6. The van der Waals surface area contributed by atoms with Gasteiger partial charge in [-0.2, -0.15) is 4.98 Å². The van der Waals surface area contributed by atoms with E-state index in [1.54, 1.807) is 29.0 Å². The van der Waals surface area contributed by atoms with E-state index in [1.165, 1.54) is 5.56 Å². The fraction of sp³-hybridized carbons (Fsp3) is 0.448. The number of halogens is 1. The van der Waals surface area contributed by atoms with E-state index in [1.807, 2.05) is 36.4 Å². The van der Waals surface area contributed by atoms with Crippen LogP contribution in [0.4, 0.5) is 0 Å². The Morgan fingerprint density at radius 3 is 2.61 bits per heavy atom. The Morgan fingerprint density at radius 2 is 1.89 bits per heavy atom. The van der Waals surface area contributed by atoms with Gasteiger partial charge in [0, 0.05) is 36.3 Å². The van der Waals surface area contributed by atoms with Crippen LogP contribution >= 0.6 is 11.6 Å². The van der Waals surface area contributed by atoms with Crippen molar-refractivity contribution in [1.29, 1.82) is 0 Å². The number of carbonyl (C=O) groups excluding carboxylic acids is 2. The number of aryl methyl sites for hydroxylation is 1. The number of ether oxygens (including phenoxy) is 1. The minimum absolute atomic E-state index is 0.0472. The normalized spacial score (nSPS) is 15.4. The molecule has 1 atom stereocenters. The molecule has 1 aliphatic heterocycles. The number of unbranched alkanes of at least 4 members (excludes halogenated alkanes) is 1. The van der Waals surface area contributed by atoms with Gasteiger partial charge in [-0.15, -0.1) is 0 Å². The van der Waals surface area contributed by atoms with Crippen LogP contribution in [-0.2, 0) is 16.0 Å². The highest BCUT2D eigenvalue weighted by Crippen LogP contribution is 2.31. The molecule has 0 bridgehead atoms. The molecular formula is C29H35ClN4O4. The minimum Gasteiger partial charge on any atom is -0.383 e. The Labute approximate surface area is 228 Å². The van der Waals surface area contributed by atoms with Crippen LogP contribution in [0.3, 0.4) is 0 Å². The molecule has 0 radical (unpaired) electrons. The number of hydrogen-bond donors (Lipinski definition) is 0. The van der Waals surface area contributed by atoms with Gasteiger partial charge in [0.05, 0.1) is 6.61 Å². The molecule has 0 N–H and O–H groups in total. The summed E-state index contributed by atoms with van der Waals surface area (Å²) in [6.07, 6.45) is 5.77. The SMILES string of the molecule is CCCCc1ccc(C(=O)N(CCOC)CC(=O)N2CCCCC2c2nc(-c3ccc(Cl)cc3)no2)cc1. The third-order valence-electron chi connectivity index (χ3n) is 6.85. The zero-order chi connectivity index (χ0) is 26.9. The lowest BCUT2D eigenvalue weighted by Gasteiger charge is -2.35. The predicted octanol–water partition coefficient (Wildman–Crippen LogP) is 5.58. The highest BCUT2D eigenvalue weighted by atomic mass is 35.5. The third kappa shape index (κ3) is 6.99. The van der Waals surface area contributed by atoms with Gasteiger partial charge in [0.2, 0.25) is 17.6 Å². The van der Waals surface area contributed by atoms with Gasteiger partial charge in [0.1, 0.15) is 12.6 Å². The highest BCUT2D eigenvalue weighted by Gasteiger charge is 2.33. The summed E-state index contributed by atoms with van der Waals surface area (Å²) in [7, 11) is 1.58. The van der Waals surface area contributed by atoms with E-state index in [2.05, 4.69) is 17.1 Å². The zero-order valence-corrected chi connectivity index (χ0v) is 22.8. The Morgan fingerprint density at radius 1 is 1.13 bits per heavy atom. The molecule has 3 aromatic rings. The molecule has 1 aromatic heterocycles. The second-order valence-electron chi connectivity index (χ2n) is 9.58. The number of amides is 2. The summed E-state index contributed by atoms with van der Waals surface area (Å²) in [5.41, 5.74) is 2.56. The van der Waals surface area contributed by atoms with Crippen molar-refractivity contribution in [3.63, 3.8) is 0 Å². The molecular weight excluding hydrogens is 504 g/mol. The second-order valence-corrected chi connectivity index (χ2v) is 10.0. The topological polar surface area (TPSA) is 88.8 Å². The van der Waals surface area contributed by atoms with Gasteiger partial charge >= 0.3 is 0 Å². The van der Waals surface area contributed by atoms with Gasteiger partial charge in [0.15, 0.2) is 0 Å². The van der Waals surface area contributed by atoms with E-state index in [0.717, 1.165) is 44.1 Å². The van der Waals surface area contributed by atoms with Gasteiger partial charge in [0.25, 0.3) is 5.91 Å².